The summed E-state index contributed by atoms with van der Waals surface area (Å²) in [5, 5.41) is 3.69. The zero-order valence-electron chi connectivity index (χ0n) is 15.9. The van der Waals surface area contributed by atoms with Crippen molar-refractivity contribution in [2.24, 2.45) is 0 Å². The minimum Gasteiger partial charge on any atom is -0.379 e. The van der Waals surface area contributed by atoms with Gasteiger partial charge in [-0.05, 0) is 18.2 Å². The van der Waals surface area contributed by atoms with Crippen molar-refractivity contribution in [1.29, 1.82) is 0 Å². The van der Waals surface area contributed by atoms with E-state index in [1.807, 2.05) is 20.8 Å². The molecule has 0 saturated carbocycles. The third-order valence-corrected chi connectivity index (χ3v) is 7.95. The molecule has 0 radical (unpaired) electrons. The average Bonchev–Trinajstić information content (AvgIpc) is 3.15. The first kappa shape index (κ1) is 21.2. The number of aromatic nitrogens is 1. The second-order valence-corrected chi connectivity index (χ2v) is 10.7. The van der Waals surface area contributed by atoms with E-state index in [9.17, 15) is 13.2 Å². The lowest BCUT2D eigenvalue weighted by atomic mass is 9.98. The number of amides is 1. The van der Waals surface area contributed by atoms with E-state index in [0.717, 1.165) is 5.01 Å². The molecule has 1 aromatic carbocycles. The van der Waals surface area contributed by atoms with E-state index in [1.54, 1.807) is 6.07 Å². The maximum absolute atomic E-state index is 12.9. The molecule has 0 atom stereocenters. The topological polar surface area (TPSA) is 88.6 Å². The van der Waals surface area contributed by atoms with Crippen LogP contribution in [0.25, 0.3) is 0 Å². The third kappa shape index (κ3) is 4.55. The maximum Gasteiger partial charge on any atom is 0.267 e. The van der Waals surface area contributed by atoms with Crippen LogP contribution in [0.1, 0.15) is 35.5 Å². The molecular weight excluding hydrogens is 422 g/mol. The molecule has 0 unspecified atom stereocenters. The van der Waals surface area contributed by atoms with Crippen LogP contribution in [0.2, 0.25) is 5.02 Å². The fourth-order valence-electron chi connectivity index (χ4n) is 2.62. The van der Waals surface area contributed by atoms with Crippen molar-refractivity contribution >= 4 is 44.6 Å². The molecule has 1 N–H and O–H groups in total. The molecule has 2 aromatic rings. The van der Waals surface area contributed by atoms with Gasteiger partial charge in [0.25, 0.3) is 5.91 Å². The molecule has 0 spiro atoms. The normalized spacial score (nSPS) is 16.1. The molecule has 7 nitrogen and oxygen atoms in total. The first-order valence-corrected chi connectivity index (χ1v) is 11.4. The zero-order chi connectivity index (χ0) is 20.5. The van der Waals surface area contributed by atoms with Crippen LogP contribution in [-0.2, 0) is 20.2 Å². The van der Waals surface area contributed by atoms with Gasteiger partial charge in [-0.2, -0.15) is 4.31 Å². The minimum atomic E-state index is -3.77. The molecule has 1 saturated heterocycles. The van der Waals surface area contributed by atoms with Crippen LogP contribution in [0.15, 0.2) is 29.3 Å². The van der Waals surface area contributed by atoms with Crippen molar-refractivity contribution in [3.63, 3.8) is 0 Å². The maximum atomic E-state index is 12.9. The van der Waals surface area contributed by atoms with Crippen molar-refractivity contribution in [1.82, 2.24) is 9.29 Å². The van der Waals surface area contributed by atoms with Crippen LogP contribution in [0, 0.1) is 0 Å². The molecule has 1 amide bonds. The van der Waals surface area contributed by atoms with Gasteiger partial charge in [0.05, 0.1) is 29.4 Å². The fraction of sp³-hybridized carbons (Fsp3) is 0.444. The van der Waals surface area contributed by atoms with Crippen molar-refractivity contribution in [3.05, 3.63) is 39.3 Å². The van der Waals surface area contributed by atoms with Crippen LogP contribution >= 0.6 is 22.9 Å². The quantitative estimate of drug-likeness (QED) is 0.782. The average molecular weight is 444 g/mol. The Morgan fingerprint density at radius 3 is 2.57 bits per heavy atom. The minimum absolute atomic E-state index is 0.0337. The summed E-state index contributed by atoms with van der Waals surface area (Å²) >= 11 is 7.46. The van der Waals surface area contributed by atoms with Crippen molar-refractivity contribution in [2.75, 3.05) is 31.6 Å². The van der Waals surface area contributed by atoms with Gasteiger partial charge in [0.1, 0.15) is 9.77 Å². The Morgan fingerprint density at radius 2 is 1.96 bits per heavy atom. The summed E-state index contributed by atoms with van der Waals surface area (Å²) in [5.74, 6) is -0.343. The standard InChI is InChI=1S/C18H22ClN3O4S2/c1-18(2,3)17-20-11-14(27-17)16(23)21-12-4-5-13(19)15(10-12)28(24,25)22-6-8-26-9-7-22/h4-5,10-11H,6-9H2,1-3H3,(H,21,23). The Morgan fingerprint density at radius 1 is 1.29 bits per heavy atom. The Bertz CT molecular complexity index is 977. The first-order chi connectivity index (χ1) is 13.1. The van der Waals surface area contributed by atoms with Crippen molar-refractivity contribution in [3.8, 4) is 0 Å². The van der Waals surface area contributed by atoms with E-state index >= 15 is 0 Å². The number of sulfonamides is 1. The van der Waals surface area contributed by atoms with Gasteiger partial charge in [0, 0.05) is 24.2 Å². The summed E-state index contributed by atoms with van der Waals surface area (Å²) in [7, 11) is -3.77. The van der Waals surface area contributed by atoms with E-state index in [2.05, 4.69) is 10.3 Å². The number of carbonyl (C=O) groups excluding carboxylic acids is 1. The molecule has 0 aliphatic carbocycles. The van der Waals surface area contributed by atoms with Crippen LogP contribution in [0.4, 0.5) is 5.69 Å². The lowest BCUT2D eigenvalue weighted by molar-refractivity contribution is 0.0730. The molecule has 28 heavy (non-hydrogen) atoms. The summed E-state index contributed by atoms with van der Waals surface area (Å²) in [6.45, 7) is 7.29. The molecule has 1 fully saturated rings. The van der Waals surface area contributed by atoms with E-state index in [0.29, 0.717) is 23.8 Å². The molecule has 0 bridgehead atoms. The molecule has 152 valence electrons. The second-order valence-electron chi connectivity index (χ2n) is 7.40. The first-order valence-electron chi connectivity index (χ1n) is 8.74. The summed E-state index contributed by atoms with van der Waals surface area (Å²) in [5.41, 5.74) is 0.204. The highest BCUT2D eigenvalue weighted by molar-refractivity contribution is 7.89. The van der Waals surface area contributed by atoms with Gasteiger partial charge in [0.15, 0.2) is 0 Å². The molecule has 3 rings (SSSR count). The predicted octanol–water partition coefficient (Wildman–Crippen LogP) is 3.37. The summed E-state index contributed by atoms with van der Waals surface area (Å²) in [6.07, 6.45) is 1.53. The Balaban J connectivity index is 1.83. The second kappa shape index (κ2) is 8.08. The zero-order valence-corrected chi connectivity index (χ0v) is 18.2. The van der Waals surface area contributed by atoms with Gasteiger partial charge in [-0.3, -0.25) is 4.79 Å². The van der Waals surface area contributed by atoms with Crippen molar-refractivity contribution in [2.45, 2.75) is 31.1 Å². The van der Waals surface area contributed by atoms with Crippen LogP contribution < -0.4 is 5.32 Å². The number of nitrogens with one attached hydrogen (secondary N) is 1. The molecule has 1 aliphatic heterocycles. The van der Waals surface area contributed by atoms with Gasteiger partial charge in [0.2, 0.25) is 10.0 Å². The molecule has 1 aromatic heterocycles. The van der Waals surface area contributed by atoms with E-state index < -0.39 is 10.0 Å². The van der Waals surface area contributed by atoms with Crippen LogP contribution in [0.3, 0.4) is 0 Å². The number of halogens is 1. The highest BCUT2D eigenvalue weighted by Crippen LogP contribution is 2.30. The smallest absolute Gasteiger partial charge is 0.267 e. The number of rotatable bonds is 4. The van der Waals surface area contributed by atoms with E-state index in [1.165, 1.54) is 34.0 Å². The van der Waals surface area contributed by atoms with E-state index in [4.69, 9.17) is 16.3 Å². The molecular formula is C18H22ClN3O4S2. The number of thiazole rings is 1. The summed E-state index contributed by atoms with van der Waals surface area (Å²) < 4.78 is 32.3. The molecule has 10 heteroatoms. The van der Waals surface area contributed by atoms with Gasteiger partial charge in [-0.25, -0.2) is 13.4 Å². The Labute approximate surface area is 173 Å². The number of ether oxygens (including phenoxy) is 1. The lowest BCUT2D eigenvalue weighted by Gasteiger charge is -2.26. The van der Waals surface area contributed by atoms with Gasteiger partial charge >= 0.3 is 0 Å². The molecule has 1 aliphatic rings. The predicted molar refractivity (Wildman–Crippen MR) is 110 cm³/mol. The largest absolute Gasteiger partial charge is 0.379 e. The molecule has 2 heterocycles. The van der Waals surface area contributed by atoms with Crippen LogP contribution in [-0.4, -0.2) is 49.9 Å². The van der Waals surface area contributed by atoms with Gasteiger partial charge in [-0.1, -0.05) is 32.4 Å². The number of hydrogen-bond acceptors (Lipinski definition) is 6. The highest BCUT2D eigenvalue weighted by Gasteiger charge is 2.29. The number of carbonyl (C=O) groups is 1. The lowest BCUT2D eigenvalue weighted by Crippen LogP contribution is -2.40. The monoisotopic (exact) mass is 443 g/mol. The summed E-state index contributed by atoms with van der Waals surface area (Å²) in [4.78, 5) is 17.3. The van der Waals surface area contributed by atoms with Crippen molar-refractivity contribution < 1.29 is 17.9 Å². The van der Waals surface area contributed by atoms with Crippen LogP contribution in [0.5, 0.6) is 0 Å². The number of hydrogen-bond donors (Lipinski definition) is 1. The highest BCUT2D eigenvalue weighted by atomic mass is 35.5. The SMILES string of the molecule is CC(C)(C)c1ncc(C(=O)Nc2ccc(Cl)c(S(=O)(=O)N3CCOCC3)c2)s1. The number of morpholine rings is 1. The summed E-state index contributed by atoms with van der Waals surface area (Å²) in [6, 6.07) is 4.43. The Hall–Kier alpha value is -1.52. The third-order valence-electron chi connectivity index (χ3n) is 4.15. The van der Waals surface area contributed by atoms with E-state index in [-0.39, 0.29) is 34.3 Å². The van der Waals surface area contributed by atoms with Gasteiger partial charge in [-0.15, -0.1) is 11.3 Å². The number of anilines is 1. The number of benzene rings is 1. The van der Waals surface area contributed by atoms with Gasteiger partial charge < -0.3 is 10.1 Å². The number of nitrogens with zero attached hydrogens (tertiary/aromatic N) is 2. The fourth-order valence-corrected chi connectivity index (χ4v) is 5.40. The Kier molecular flexibility index (Phi) is 6.11.